The van der Waals surface area contributed by atoms with Gasteiger partial charge in [-0.15, -0.1) is 0 Å². The first-order chi connectivity index (χ1) is 9.06. The Morgan fingerprint density at radius 3 is 2.74 bits per heavy atom. The van der Waals surface area contributed by atoms with Crippen LogP contribution in [0, 0.1) is 15.3 Å². The number of halogens is 2. The fourth-order valence-electron chi connectivity index (χ4n) is 2.11. The van der Waals surface area contributed by atoms with Crippen LogP contribution < -0.4 is 0 Å². The van der Waals surface area contributed by atoms with Crippen LogP contribution in [0.1, 0.15) is 5.56 Å². The summed E-state index contributed by atoms with van der Waals surface area (Å²) >= 11 is 11.3. The maximum atomic E-state index is 5.45. The number of H-pyrrole nitrogens is 1. The van der Waals surface area contributed by atoms with Crippen LogP contribution in [0.2, 0.25) is 0 Å². The van der Waals surface area contributed by atoms with Crippen LogP contribution in [0.4, 0.5) is 0 Å². The fraction of sp³-hybridized carbons (Fsp3) is 0.0714. The zero-order valence-corrected chi connectivity index (χ0v) is 14.6. The van der Waals surface area contributed by atoms with Gasteiger partial charge in [0.1, 0.15) is 0 Å². The van der Waals surface area contributed by atoms with E-state index in [2.05, 4.69) is 91.4 Å². The molecule has 1 heterocycles. The van der Waals surface area contributed by atoms with Crippen LogP contribution in [0.5, 0.6) is 0 Å². The maximum Gasteiger partial charge on any atom is 0.182 e. The predicted molar refractivity (Wildman–Crippen MR) is 93.6 cm³/mol. The Morgan fingerprint density at radius 2 is 2.00 bits per heavy atom. The molecular weight excluding hydrogens is 435 g/mol. The number of imidazole rings is 1. The molecule has 1 N–H and O–H groups in total. The van der Waals surface area contributed by atoms with Gasteiger partial charge in [-0.3, -0.25) is 4.57 Å². The molecule has 0 radical (unpaired) electrons. The lowest BCUT2D eigenvalue weighted by molar-refractivity contribution is 1.06. The highest BCUT2D eigenvalue weighted by atomic mass is 127. The molecule has 0 unspecified atom stereocenters. The van der Waals surface area contributed by atoms with Gasteiger partial charge in [0.2, 0.25) is 0 Å². The second kappa shape index (κ2) is 5.03. The molecule has 0 aliphatic carbocycles. The number of rotatable bonds is 1. The van der Waals surface area contributed by atoms with Gasteiger partial charge in [-0.1, -0.05) is 15.9 Å². The molecule has 96 valence electrons. The highest BCUT2D eigenvalue weighted by Crippen LogP contribution is 2.24. The van der Waals surface area contributed by atoms with Crippen LogP contribution in [-0.4, -0.2) is 9.55 Å². The molecule has 0 amide bonds. The van der Waals surface area contributed by atoms with E-state index >= 15 is 0 Å². The van der Waals surface area contributed by atoms with Crippen LogP contribution in [0.25, 0.3) is 16.7 Å². The number of nitrogens with one attached hydrogen (secondary N) is 1. The van der Waals surface area contributed by atoms with Crippen molar-refractivity contribution in [1.29, 1.82) is 0 Å². The van der Waals surface area contributed by atoms with Gasteiger partial charge in [-0.05, 0) is 83.7 Å². The van der Waals surface area contributed by atoms with E-state index in [1.807, 2.05) is 0 Å². The van der Waals surface area contributed by atoms with E-state index in [4.69, 9.17) is 12.2 Å². The predicted octanol–water partition coefficient (Wildman–Crippen LogP) is 5.36. The minimum Gasteiger partial charge on any atom is -0.330 e. The first-order valence-corrected chi connectivity index (χ1v) is 8.01. The molecule has 0 fully saturated rings. The number of aryl methyl sites for hydroxylation is 1. The first-order valence-electron chi connectivity index (χ1n) is 5.73. The molecular formula is C14H10BrIN2S. The topological polar surface area (TPSA) is 20.7 Å². The number of hydrogen-bond donors (Lipinski definition) is 1. The summed E-state index contributed by atoms with van der Waals surface area (Å²) in [6.07, 6.45) is 0. The van der Waals surface area contributed by atoms with E-state index in [1.54, 1.807) is 0 Å². The third kappa shape index (κ3) is 2.39. The lowest BCUT2D eigenvalue weighted by Crippen LogP contribution is -1.94. The van der Waals surface area contributed by atoms with E-state index in [9.17, 15) is 0 Å². The van der Waals surface area contributed by atoms with Gasteiger partial charge in [0.25, 0.3) is 0 Å². The van der Waals surface area contributed by atoms with Gasteiger partial charge in [0.15, 0.2) is 4.77 Å². The number of aromatic amines is 1. The summed E-state index contributed by atoms with van der Waals surface area (Å²) in [5, 5.41) is 0. The van der Waals surface area contributed by atoms with Gasteiger partial charge in [-0.2, -0.15) is 0 Å². The van der Waals surface area contributed by atoms with Crippen molar-refractivity contribution >= 4 is 61.8 Å². The van der Waals surface area contributed by atoms with Gasteiger partial charge in [0, 0.05) is 13.7 Å². The third-order valence-electron chi connectivity index (χ3n) is 3.04. The smallest absolute Gasteiger partial charge is 0.182 e. The normalized spacial score (nSPS) is 11.1. The second-order valence-electron chi connectivity index (χ2n) is 4.36. The van der Waals surface area contributed by atoms with E-state index < -0.39 is 0 Å². The second-order valence-corrected chi connectivity index (χ2v) is 6.85. The van der Waals surface area contributed by atoms with Gasteiger partial charge < -0.3 is 4.98 Å². The zero-order valence-electron chi connectivity index (χ0n) is 10.1. The summed E-state index contributed by atoms with van der Waals surface area (Å²) in [7, 11) is 0. The SMILES string of the molecule is Cc1cc(-n2c(=S)[nH]c3cc(I)ccc32)ccc1Br. The Kier molecular flexibility index (Phi) is 3.53. The minimum absolute atomic E-state index is 0.721. The van der Waals surface area contributed by atoms with Crippen molar-refractivity contribution in [3.8, 4) is 5.69 Å². The summed E-state index contributed by atoms with van der Waals surface area (Å²) in [4.78, 5) is 3.26. The Bertz CT molecular complexity index is 835. The summed E-state index contributed by atoms with van der Waals surface area (Å²) < 4.78 is 5.09. The molecule has 2 aromatic carbocycles. The summed E-state index contributed by atoms with van der Waals surface area (Å²) in [5.74, 6) is 0. The lowest BCUT2D eigenvalue weighted by atomic mass is 10.2. The largest absolute Gasteiger partial charge is 0.330 e. The Labute approximate surface area is 138 Å². The third-order valence-corrected chi connectivity index (χ3v) is 4.89. The standard InChI is InChI=1S/C14H10BrIN2S/c1-8-6-10(3-4-11(8)15)18-13-5-2-9(16)7-12(13)17-14(18)19/h2-7H,1H3,(H,17,19). The fourth-order valence-corrected chi connectivity index (χ4v) is 3.16. The summed E-state index contributed by atoms with van der Waals surface area (Å²) in [6, 6.07) is 12.5. The zero-order chi connectivity index (χ0) is 13.6. The molecule has 2 nitrogen and oxygen atoms in total. The van der Waals surface area contributed by atoms with Crippen LogP contribution >= 0.6 is 50.7 Å². The van der Waals surface area contributed by atoms with Crippen molar-refractivity contribution in [2.45, 2.75) is 6.92 Å². The number of hydrogen-bond acceptors (Lipinski definition) is 1. The number of nitrogens with zero attached hydrogens (tertiary/aromatic N) is 1. The Morgan fingerprint density at radius 1 is 1.21 bits per heavy atom. The summed E-state index contributed by atoms with van der Waals surface area (Å²) in [6.45, 7) is 2.08. The quantitative estimate of drug-likeness (QED) is 0.395. The molecule has 0 saturated heterocycles. The maximum absolute atomic E-state index is 5.45. The van der Waals surface area contributed by atoms with Crippen LogP contribution in [0.15, 0.2) is 40.9 Å². The number of fused-ring (bicyclic) bond motifs is 1. The highest BCUT2D eigenvalue weighted by Gasteiger charge is 2.07. The molecule has 1 aromatic heterocycles. The molecule has 3 aromatic rings. The Balaban J connectivity index is 2.32. The average molecular weight is 445 g/mol. The molecule has 0 aliphatic rings. The van der Waals surface area contributed by atoms with E-state index in [0.29, 0.717) is 0 Å². The highest BCUT2D eigenvalue weighted by molar-refractivity contribution is 14.1. The molecule has 3 rings (SSSR count). The van der Waals surface area contributed by atoms with Crippen LogP contribution in [0.3, 0.4) is 0 Å². The van der Waals surface area contributed by atoms with Crippen LogP contribution in [-0.2, 0) is 0 Å². The molecule has 0 bridgehead atoms. The molecule has 0 spiro atoms. The van der Waals surface area contributed by atoms with Gasteiger partial charge in [0.05, 0.1) is 11.0 Å². The molecule has 0 saturated carbocycles. The first kappa shape index (κ1) is 13.3. The van der Waals surface area contributed by atoms with Crippen molar-refractivity contribution in [3.63, 3.8) is 0 Å². The molecule has 0 atom stereocenters. The van der Waals surface area contributed by atoms with E-state index in [1.165, 1.54) is 9.13 Å². The van der Waals surface area contributed by atoms with Crippen molar-refractivity contribution < 1.29 is 0 Å². The number of aromatic nitrogens is 2. The monoisotopic (exact) mass is 444 g/mol. The summed E-state index contributed by atoms with van der Waals surface area (Å²) in [5.41, 5.74) is 4.45. The van der Waals surface area contributed by atoms with Crippen molar-refractivity contribution in [3.05, 3.63) is 54.8 Å². The molecule has 5 heteroatoms. The van der Waals surface area contributed by atoms with E-state index in [0.717, 1.165) is 26.0 Å². The molecule has 19 heavy (non-hydrogen) atoms. The van der Waals surface area contributed by atoms with Crippen molar-refractivity contribution in [2.75, 3.05) is 0 Å². The number of benzene rings is 2. The minimum atomic E-state index is 0.721. The lowest BCUT2D eigenvalue weighted by Gasteiger charge is -2.07. The van der Waals surface area contributed by atoms with E-state index in [-0.39, 0.29) is 0 Å². The van der Waals surface area contributed by atoms with Crippen molar-refractivity contribution in [1.82, 2.24) is 9.55 Å². The Hall–Kier alpha value is -0.660. The van der Waals surface area contributed by atoms with Gasteiger partial charge >= 0.3 is 0 Å². The average Bonchev–Trinajstić information content (AvgIpc) is 2.68. The van der Waals surface area contributed by atoms with Crippen molar-refractivity contribution in [2.24, 2.45) is 0 Å². The van der Waals surface area contributed by atoms with Gasteiger partial charge in [-0.25, -0.2) is 0 Å². The molecule has 0 aliphatic heterocycles.